The number of aromatic nitrogens is 1. The first-order valence-electron chi connectivity index (χ1n) is 6.16. The van der Waals surface area contributed by atoms with Crippen molar-refractivity contribution in [1.29, 1.82) is 5.26 Å². The van der Waals surface area contributed by atoms with Gasteiger partial charge in [-0.15, -0.1) is 0 Å². The van der Waals surface area contributed by atoms with E-state index in [0.717, 1.165) is 0 Å². The topological polar surface area (TPSA) is 86.4 Å². The van der Waals surface area contributed by atoms with Crippen LogP contribution in [0.15, 0.2) is 6.07 Å². The Morgan fingerprint density at radius 3 is 2.55 bits per heavy atom. The zero-order chi connectivity index (χ0) is 15.5. The molecule has 20 heavy (non-hydrogen) atoms. The number of pyridine rings is 1. The van der Waals surface area contributed by atoms with Gasteiger partial charge in [-0.3, -0.25) is 4.90 Å². The first-order chi connectivity index (χ1) is 9.20. The van der Waals surface area contributed by atoms with Crippen molar-refractivity contribution >= 4 is 6.09 Å². The molecule has 1 aromatic rings. The Balaban J connectivity index is 3.19. The summed E-state index contributed by atoms with van der Waals surface area (Å²) in [6.45, 7) is 7.36. The number of nitriles is 1. The Morgan fingerprint density at radius 2 is 2.15 bits per heavy atom. The Kier molecular flexibility index (Phi) is 4.56. The fourth-order valence-corrected chi connectivity index (χ4v) is 1.83. The number of amides is 1. The average molecular weight is 277 g/mol. The van der Waals surface area contributed by atoms with E-state index in [2.05, 4.69) is 4.98 Å². The summed E-state index contributed by atoms with van der Waals surface area (Å²) in [6, 6.07) is 3.74. The maximum atomic E-state index is 11.3. The Hall–Kier alpha value is -2.29. The summed E-state index contributed by atoms with van der Waals surface area (Å²) in [7, 11) is 1.44. The minimum Gasteiger partial charge on any atom is -0.480 e. The van der Waals surface area contributed by atoms with Crippen molar-refractivity contribution in [3.05, 3.63) is 22.9 Å². The van der Waals surface area contributed by atoms with E-state index >= 15 is 0 Å². The highest BCUT2D eigenvalue weighted by Crippen LogP contribution is 2.22. The third-order valence-corrected chi connectivity index (χ3v) is 2.90. The van der Waals surface area contributed by atoms with E-state index in [4.69, 9.17) is 10.00 Å². The highest BCUT2D eigenvalue weighted by atomic mass is 16.5. The number of aryl methyl sites for hydroxylation is 1. The van der Waals surface area contributed by atoms with Crippen molar-refractivity contribution in [2.24, 2.45) is 0 Å². The van der Waals surface area contributed by atoms with Crippen LogP contribution in [-0.2, 0) is 6.54 Å². The summed E-state index contributed by atoms with van der Waals surface area (Å²) in [5.74, 6) is 0.224. The first-order valence-corrected chi connectivity index (χ1v) is 6.16. The van der Waals surface area contributed by atoms with Crippen molar-refractivity contribution in [1.82, 2.24) is 9.88 Å². The summed E-state index contributed by atoms with van der Waals surface area (Å²) in [6.07, 6.45) is -1.01. The maximum Gasteiger partial charge on any atom is 0.408 e. The molecule has 1 aromatic heterocycles. The minimum absolute atomic E-state index is 0.141. The lowest BCUT2D eigenvalue weighted by Gasteiger charge is -2.33. The lowest BCUT2D eigenvalue weighted by molar-refractivity contribution is 0.0945. The number of ether oxygens (including phenoxy) is 1. The minimum atomic E-state index is -1.01. The molecule has 0 aromatic carbocycles. The SMILES string of the molecule is COc1nc(CN(C(=O)O)C(C)(C)C)cc(C)c1C#N. The molecule has 1 amide bonds. The van der Waals surface area contributed by atoms with E-state index in [1.165, 1.54) is 12.0 Å². The summed E-state index contributed by atoms with van der Waals surface area (Å²) in [5, 5.41) is 18.3. The van der Waals surface area contributed by atoms with Gasteiger partial charge in [-0.05, 0) is 39.3 Å². The normalized spacial score (nSPS) is 10.8. The van der Waals surface area contributed by atoms with Gasteiger partial charge in [0.15, 0.2) is 0 Å². The molecule has 0 unspecified atom stereocenters. The highest BCUT2D eigenvalue weighted by molar-refractivity contribution is 5.66. The van der Waals surface area contributed by atoms with E-state index < -0.39 is 11.6 Å². The van der Waals surface area contributed by atoms with Crippen LogP contribution in [0.3, 0.4) is 0 Å². The van der Waals surface area contributed by atoms with Gasteiger partial charge in [-0.1, -0.05) is 0 Å². The van der Waals surface area contributed by atoms with Gasteiger partial charge in [-0.2, -0.15) is 5.26 Å². The molecule has 0 fully saturated rings. The molecule has 6 nitrogen and oxygen atoms in total. The number of carbonyl (C=O) groups is 1. The average Bonchev–Trinajstić information content (AvgIpc) is 2.33. The molecule has 0 bridgehead atoms. The van der Waals surface area contributed by atoms with E-state index in [1.54, 1.807) is 13.0 Å². The predicted molar refractivity (Wildman–Crippen MR) is 73.6 cm³/mol. The molecule has 0 aliphatic carbocycles. The second-order valence-electron chi connectivity index (χ2n) is 5.47. The molecular weight excluding hydrogens is 258 g/mol. The molecule has 0 atom stereocenters. The molecule has 0 saturated carbocycles. The lowest BCUT2D eigenvalue weighted by Crippen LogP contribution is -2.44. The van der Waals surface area contributed by atoms with Gasteiger partial charge < -0.3 is 9.84 Å². The van der Waals surface area contributed by atoms with Gasteiger partial charge in [0.05, 0.1) is 19.3 Å². The van der Waals surface area contributed by atoms with Gasteiger partial charge in [0.2, 0.25) is 5.88 Å². The van der Waals surface area contributed by atoms with Crippen LogP contribution >= 0.6 is 0 Å². The molecule has 0 spiro atoms. The Bertz CT molecular complexity index is 556. The summed E-state index contributed by atoms with van der Waals surface area (Å²) in [5.41, 5.74) is 1.10. The third-order valence-electron chi connectivity index (χ3n) is 2.90. The number of hydrogen-bond donors (Lipinski definition) is 1. The van der Waals surface area contributed by atoms with Crippen molar-refractivity contribution < 1.29 is 14.6 Å². The fourth-order valence-electron chi connectivity index (χ4n) is 1.83. The number of carboxylic acid groups (broad SMARTS) is 1. The molecule has 6 heteroatoms. The maximum absolute atomic E-state index is 11.3. The van der Waals surface area contributed by atoms with Crippen molar-refractivity contribution in [2.75, 3.05) is 7.11 Å². The first kappa shape index (κ1) is 15.8. The zero-order valence-corrected chi connectivity index (χ0v) is 12.4. The summed E-state index contributed by atoms with van der Waals surface area (Å²) >= 11 is 0. The molecule has 1 rings (SSSR count). The summed E-state index contributed by atoms with van der Waals surface area (Å²) < 4.78 is 5.09. The van der Waals surface area contributed by atoms with Gasteiger partial charge in [0, 0.05) is 5.54 Å². The molecule has 0 aliphatic heterocycles. The number of rotatable bonds is 3. The smallest absolute Gasteiger partial charge is 0.408 e. The Morgan fingerprint density at radius 1 is 1.55 bits per heavy atom. The van der Waals surface area contributed by atoms with E-state index in [-0.39, 0.29) is 12.4 Å². The number of nitrogens with zero attached hydrogens (tertiary/aromatic N) is 3. The summed E-state index contributed by atoms with van der Waals surface area (Å²) in [4.78, 5) is 16.8. The van der Waals surface area contributed by atoms with Gasteiger partial charge in [0.1, 0.15) is 11.6 Å². The second-order valence-corrected chi connectivity index (χ2v) is 5.47. The molecule has 108 valence electrons. The number of hydrogen-bond acceptors (Lipinski definition) is 4. The van der Waals surface area contributed by atoms with Crippen LogP contribution in [0.25, 0.3) is 0 Å². The van der Waals surface area contributed by atoms with Crippen LogP contribution in [0, 0.1) is 18.3 Å². The molecule has 0 aliphatic rings. The van der Waals surface area contributed by atoms with E-state index in [9.17, 15) is 9.90 Å². The largest absolute Gasteiger partial charge is 0.480 e. The molecule has 1 heterocycles. The van der Waals surface area contributed by atoms with Gasteiger partial charge in [0.25, 0.3) is 0 Å². The molecule has 0 radical (unpaired) electrons. The van der Waals surface area contributed by atoms with Crippen molar-refractivity contribution in [2.45, 2.75) is 39.8 Å². The lowest BCUT2D eigenvalue weighted by atomic mass is 10.1. The van der Waals surface area contributed by atoms with Crippen molar-refractivity contribution in [3.63, 3.8) is 0 Å². The van der Waals surface area contributed by atoms with Crippen LogP contribution in [-0.4, -0.2) is 33.7 Å². The Labute approximate surface area is 118 Å². The van der Waals surface area contributed by atoms with Crippen LogP contribution < -0.4 is 4.74 Å². The second kappa shape index (κ2) is 5.78. The molecule has 0 saturated heterocycles. The van der Waals surface area contributed by atoms with Crippen LogP contribution in [0.5, 0.6) is 5.88 Å². The third kappa shape index (κ3) is 3.38. The number of methoxy groups -OCH3 is 1. The quantitative estimate of drug-likeness (QED) is 0.917. The van der Waals surface area contributed by atoms with Crippen LogP contribution in [0.1, 0.15) is 37.6 Å². The molecular formula is C14H19N3O3. The van der Waals surface area contributed by atoms with E-state index in [0.29, 0.717) is 16.8 Å². The molecule has 1 N–H and O–H groups in total. The highest BCUT2D eigenvalue weighted by Gasteiger charge is 2.27. The van der Waals surface area contributed by atoms with E-state index in [1.807, 2.05) is 26.8 Å². The van der Waals surface area contributed by atoms with Gasteiger partial charge >= 0.3 is 6.09 Å². The standard InChI is InChI=1S/C14H19N3O3/c1-9-6-10(16-12(20-5)11(9)7-15)8-17(13(18)19)14(2,3)4/h6H,8H2,1-5H3,(H,18,19). The van der Waals surface area contributed by atoms with Gasteiger partial charge in [-0.25, -0.2) is 9.78 Å². The van der Waals surface area contributed by atoms with Crippen LogP contribution in [0.4, 0.5) is 4.79 Å². The predicted octanol–water partition coefficient (Wildman–Crippen LogP) is 2.55. The van der Waals surface area contributed by atoms with Crippen molar-refractivity contribution in [3.8, 4) is 11.9 Å². The monoisotopic (exact) mass is 277 g/mol. The fraction of sp³-hybridized carbons (Fsp3) is 0.500. The zero-order valence-electron chi connectivity index (χ0n) is 12.4. The van der Waals surface area contributed by atoms with Crippen LogP contribution in [0.2, 0.25) is 0 Å².